The van der Waals surface area contributed by atoms with Crippen LogP contribution in [0, 0.1) is 11.3 Å². The van der Waals surface area contributed by atoms with Crippen molar-refractivity contribution in [1.29, 1.82) is 5.41 Å². The molecule has 0 aromatic heterocycles. The Labute approximate surface area is 211 Å². The quantitative estimate of drug-likeness (QED) is 0.507. The van der Waals surface area contributed by atoms with Crippen LogP contribution in [0.25, 0.3) is 5.57 Å². The molecule has 0 radical (unpaired) electrons. The highest BCUT2D eigenvalue weighted by Crippen LogP contribution is 2.41. The number of alkyl halides is 2. The Morgan fingerprint density at radius 1 is 1.17 bits per heavy atom. The summed E-state index contributed by atoms with van der Waals surface area (Å²) in [6.45, 7) is 5.68. The van der Waals surface area contributed by atoms with Gasteiger partial charge in [-0.25, -0.2) is 8.78 Å². The number of piperidine rings is 1. The summed E-state index contributed by atoms with van der Waals surface area (Å²) in [6, 6.07) is 5.71. The van der Waals surface area contributed by atoms with E-state index in [-0.39, 0.29) is 43.0 Å². The number of halogens is 2. The zero-order valence-corrected chi connectivity index (χ0v) is 21.2. The van der Waals surface area contributed by atoms with Gasteiger partial charge in [0.05, 0.1) is 17.4 Å². The van der Waals surface area contributed by atoms with Crippen molar-refractivity contribution < 1.29 is 18.4 Å². The highest BCUT2D eigenvalue weighted by Gasteiger charge is 2.38. The van der Waals surface area contributed by atoms with E-state index in [9.17, 15) is 18.4 Å². The van der Waals surface area contributed by atoms with Gasteiger partial charge in [0.25, 0.3) is 0 Å². The van der Waals surface area contributed by atoms with Crippen molar-refractivity contribution in [1.82, 2.24) is 10.6 Å². The predicted octanol–water partition coefficient (Wildman–Crippen LogP) is 4.32. The first-order chi connectivity index (χ1) is 17.2. The van der Waals surface area contributed by atoms with Crippen LogP contribution in [0.4, 0.5) is 20.2 Å². The monoisotopic (exact) mass is 501 g/mol. The maximum Gasteiger partial charge on any atom is 0.248 e. The fraction of sp³-hybridized carbons (Fsp3) is 0.593. The number of nitrogens with one attached hydrogen (secondary N) is 3. The molecule has 1 saturated heterocycles. The molecule has 1 aromatic carbocycles. The lowest BCUT2D eigenvalue weighted by Gasteiger charge is -2.41. The highest BCUT2D eigenvalue weighted by atomic mass is 19.3. The maximum absolute atomic E-state index is 13.6. The van der Waals surface area contributed by atoms with Gasteiger partial charge in [-0.15, -0.1) is 0 Å². The molecule has 4 rings (SSSR count). The van der Waals surface area contributed by atoms with E-state index in [0.717, 1.165) is 31.5 Å². The molecule has 1 aliphatic carbocycles. The summed E-state index contributed by atoms with van der Waals surface area (Å²) in [5, 5.41) is 14.7. The molecule has 2 aliphatic heterocycles. The van der Waals surface area contributed by atoms with Gasteiger partial charge in [-0.05, 0) is 69.3 Å². The molecule has 3 N–H and O–H groups in total. The summed E-state index contributed by atoms with van der Waals surface area (Å²) in [7, 11) is 0. The fourth-order valence-corrected chi connectivity index (χ4v) is 5.59. The van der Waals surface area contributed by atoms with Gasteiger partial charge in [-0.2, -0.15) is 0 Å². The standard InChI is InChI=1S/C27H37F2N5O2/c1-18-17-33(26(36)13-20-5-9-27(28,29)10-6-20)25-14-21(3-4-24(25)34(18)19(2)35)22(15-30)16-32-23-7-11-31-12-8-23/h3-4,14-16,18,20,23,30-32H,5-13,17H2,1-2H3/b22-16+,30-15?. The molecule has 9 heteroatoms. The van der Waals surface area contributed by atoms with Gasteiger partial charge in [0.2, 0.25) is 17.7 Å². The number of fused-ring (bicyclic) bond motifs is 1. The maximum atomic E-state index is 13.6. The second-order valence-electron chi connectivity index (χ2n) is 10.4. The average molecular weight is 502 g/mol. The lowest BCUT2D eigenvalue weighted by atomic mass is 9.84. The Hall–Kier alpha value is -2.81. The van der Waals surface area contributed by atoms with Crippen LogP contribution in [0.3, 0.4) is 0 Å². The van der Waals surface area contributed by atoms with Gasteiger partial charge in [0, 0.05) is 56.8 Å². The zero-order valence-electron chi connectivity index (χ0n) is 21.2. The molecule has 3 aliphatic rings. The minimum absolute atomic E-state index is 0.0592. The van der Waals surface area contributed by atoms with E-state index in [2.05, 4.69) is 10.6 Å². The molecule has 1 aromatic rings. The molecule has 1 saturated carbocycles. The Balaban J connectivity index is 1.60. The van der Waals surface area contributed by atoms with E-state index in [1.165, 1.54) is 13.1 Å². The van der Waals surface area contributed by atoms with Crippen LogP contribution in [0.2, 0.25) is 0 Å². The van der Waals surface area contributed by atoms with Crippen LogP contribution in [-0.4, -0.2) is 55.7 Å². The van der Waals surface area contributed by atoms with Gasteiger partial charge < -0.3 is 25.8 Å². The Morgan fingerprint density at radius 2 is 1.86 bits per heavy atom. The average Bonchev–Trinajstić information content (AvgIpc) is 2.85. The number of amides is 2. The number of allylic oxidation sites excluding steroid dienone is 1. The molecule has 2 heterocycles. The van der Waals surface area contributed by atoms with Gasteiger partial charge in [-0.3, -0.25) is 9.59 Å². The SMILES string of the molecule is CC(=O)N1c2ccc(/C(C=N)=C/NC3CCNCC3)cc2N(C(=O)CC2CCC(F)(F)CC2)CC1C. The summed E-state index contributed by atoms with van der Waals surface area (Å²) in [4.78, 5) is 29.3. The molecular formula is C27H37F2N5O2. The van der Waals surface area contributed by atoms with Crippen molar-refractivity contribution in [3.05, 3.63) is 30.0 Å². The fourth-order valence-electron chi connectivity index (χ4n) is 5.59. The van der Waals surface area contributed by atoms with E-state index >= 15 is 0 Å². The number of carbonyl (C=O) groups is 2. The Bertz CT molecular complexity index is 1010. The van der Waals surface area contributed by atoms with Crippen molar-refractivity contribution in [3.8, 4) is 0 Å². The van der Waals surface area contributed by atoms with E-state index in [1.54, 1.807) is 9.80 Å². The number of hydrogen-bond acceptors (Lipinski definition) is 5. The van der Waals surface area contributed by atoms with Crippen LogP contribution < -0.4 is 20.4 Å². The first-order valence-electron chi connectivity index (χ1n) is 13.0. The van der Waals surface area contributed by atoms with Crippen molar-refractivity contribution in [3.63, 3.8) is 0 Å². The topological polar surface area (TPSA) is 88.5 Å². The molecule has 1 unspecified atom stereocenters. The van der Waals surface area contributed by atoms with E-state index in [1.807, 2.05) is 31.3 Å². The zero-order chi connectivity index (χ0) is 25.9. The number of anilines is 2. The first-order valence-corrected chi connectivity index (χ1v) is 13.0. The van der Waals surface area contributed by atoms with Crippen LogP contribution >= 0.6 is 0 Å². The molecule has 0 spiro atoms. The molecule has 2 fully saturated rings. The molecule has 2 amide bonds. The third-order valence-corrected chi connectivity index (χ3v) is 7.66. The second kappa shape index (κ2) is 11.1. The second-order valence-corrected chi connectivity index (χ2v) is 10.4. The van der Waals surface area contributed by atoms with Gasteiger partial charge in [-0.1, -0.05) is 6.07 Å². The largest absolute Gasteiger partial charge is 0.388 e. The number of benzene rings is 1. The summed E-state index contributed by atoms with van der Waals surface area (Å²) in [5.74, 6) is -2.89. The van der Waals surface area contributed by atoms with Gasteiger partial charge in [0.15, 0.2) is 0 Å². The molecule has 1 atom stereocenters. The molecule has 7 nitrogen and oxygen atoms in total. The minimum atomic E-state index is -2.62. The van der Waals surface area contributed by atoms with Gasteiger partial charge >= 0.3 is 0 Å². The first kappa shape index (κ1) is 26.3. The summed E-state index contributed by atoms with van der Waals surface area (Å²) in [5.41, 5.74) is 2.75. The Kier molecular flexibility index (Phi) is 8.07. The molecular weight excluding hydrogens is 464 g/mol. The van der Waals surface area contributed by atoms with Crippen molar-refractivity contribution >= 4 is 35.0 Å². The van der Waals surface area contributed by atoms with Crippen molar-refractivity contribution in [2.24, 2.45) is 5.92 Å². The number of nitrogens with zero attached hydrogens (tertiary/aromatic N) is 2. The van der Waals surface area contributed by atoms with Crippen LogP contribution in [0.15, 0.2) is 24.4 Å². The molecule has 196 valence electrons. The van der Waals surface area contributed by atoms with Crippen molar-refractivity contribution in [2.45, 2.75) is 76.8 Å². The highest BCUT2D eigenvalue weighted by molar-refractivity contribution is 6.10. The van der Waals surface area contributed by atoms with Crippen LogP contribution in [0.1, 0.15) is 64.4 Å². The molecule has 36 heavy (non-hydrogen) atoms. The van der Waals surface area contributed by atoms with Crippen LogP contribution in [-0.2, 0) is 9.59 Å². The summed E-state index contributed by atoms with van der Waals surface area (Å²) in [6.07, 6.45) is 5.73. The summed E-state index contributed by atoms with van der Waals surface area (Å²) >= 11 is 0. The lowest BCUT2D eigenvalue weighted by molar-refractivity contribution is -0.121. The van der Waals surface area contributed by atoms with E-state index < -0.39 is 5.92 Å². The van der Waals surface area contributed by atoms with Gasteiger partial charge in [0.1, 0.15) is 0 Å². The lowest BCUT2D eigenvalue weighted by Crippen LogP contribution is -2.51. The van der Waals surface area contributed by atoms with E-state index in [4.69, 9.17) is 5.41 Å². The smallest absolute Gasteiger partial charge is 0.248 e. The van der Waals surface area contributed by atoms with Crippen molar-refractivity contribution in [2.75, 3.05) is 29.4 Å². The minimum Gasteiger partial charge on any atom is -0.388 e. The number of rotatable bonds is 6. The Morgan fingerprint density at radius 3 is 2.50 bits per heavy atom. The van der Waals surface area contributed by atoms with E-state index in [0.29, 0.717) is 42.4 Å². The molecule has 0 bridgehead atoms. The normalized spacial score (nSPS) is 23.2. The van der Waals surface area contributed by atoms with Crippen LogP contribution in [0.5, 0.6) is 0 Å². The predicted molar refractivity (Wildman–Crippen MR) is 139 cm³/mol. The number of carbonyl (C=O) groups excluding carboxylic acids is 2. The summed E-state index contributed by atoms with van der Waals surface area (Å²) < 4.78 is 27.2. The third kappa shape index (κ3) is 5.94. The third-order valence-electron chi connectivity index (χ3n) is 7.66. The number of hydrogen-bond donors (Lipinski definition) is 3.